The van der Waals surface area contributed by atoms with Crippen molar-refractivity contribution in [1.82, 2.24) is 5.01 Å². The molecule has 1 aliphatic rings. The number of hydrazone groups is 1. The van der Waals surface area contributed by atoms with Crippen molar-refractivity contribution >= 4 is 12.1 Å². The van der Waals surface area contributed by atoms with Crippen molar-refractivity contribution in [3.8, 4) is 0 Å². The lowest BCUT2D eigenvalue weighted by molar-refractivity contribution is -0.119. The number of hydrogen-bond acceptors (Lipinski definition) is 3. The predicted octanol–water partition coefficient (Wildman–Crippen LogP) is 6.42. The van der Waals surface area contributed by atoms with Gasteiger partial charge in [0.1, 0.15) is 6.54 Å². The summed E-state index contributed by atoms with van der Waals surface area (Å²) in [5.74, 6) is 0.460. The Balaban J connectivity index is 0. The van der Waals surface area contributed by atoms with Crippen molar-refractivity contribution < 1.29 is 4.79 Å². The highest BCUT2D eigenvalue weighted by atomic mass is 16.1. The van der Waals surface area contributed by atoms with E-state index in [0.717, 1.165) is 29.9 Å². The molecule has 0 atom stereocenters. The third-order valence-corrected chi connectivity index (χ3v) is 3.58. The number of carbonyl (C=O) groups is 1. The van der Waals surface area contributed by atoms with E-state index < -0.39 is 0 Å². The lowest BCUT2D eigenvalue weighted by Gasteiger charge is -2.20. The van der Waals surface area contributed by atoms with Gasteiger partial charge in [0.25, 0.3) is 0 Å². The van der Waals surface area contributed by atoms with E-state index in [1.807, 2.05) is 18.2 Å². The standard InChI is InChI=1S/C15H21N3O.C6H14.C4H10/c1-3-5-7-13(8-6-4-2)14-9-10-18(17-11-14)12-15(16)19;1-3-5-6-4-2;1-4(2)3/h3,5,7-9,11H,1,4,6,10,12H2,2H3,(H2,16,19);3-6H2,1-2H3;4H,1-3H3/b7-5-,13-8+;;. The van der Waals surface area contributed by atoms with Crippen LogP contribution in [0.2, 0.25) is 0 Å². The van der Waals surface area contributed by atoms with Crippen molar-refractivity contribution in [2.24, 2.45) is 16.8 Å². The summed E-state index contributed by atoms with van der Waals surface area (Å²) >= 11 is 0. The minimum absolute atomic E-state index is 0.150. The van der Waals surface area contributed by atoms with Gasteiger partial charge in [0.2, 0.25) is 5.91 Å². The van der Waals surface area contributed by atoms with E-state index in [1.165, 1.54) is 25.7 Å². The Labute approximate surface area is 180 Å². The first-order valence-corrected chi connectivity index (χ1v) is 11.1. The third kappa shape index (κ3) is 20.4. The fourth-order valence-corrected chi connectivity index (χ4v) is 2.18. The number of allylic oxidation sites excluding steroid dienone is 6. The van der Waals surface area contributed by atoms with Gasteiger partial charge < -0.3 is 5.73 Å². The number of rotatable bonds is 10. The quantitative estimate of drug-likeness (QED) is 0.338. The van der Waals surface area contributed by atoms with Crippen LogP contribution in [-0.2, 0) is 4.79 Å². The van der Waals surface area contributed by atoms with Gasteiger partial charge in [0.15, 0.2) is 0 Å². The van der Waals surface area contributed by atoms with E-state index in [2.05, 4.69) is 59.3 Å². The molecular weight excluding hydrogens is 358 g/mol. The predicted molar refractivity (Wildman–Crippen MR) is 130 cm³/mol. The van der Waals surface area contributed by atoms with Gasteiger partial charge >= 0.3 is 0 Å². The zero-order valence-electron chi connectivity index (χ0n) is 19.8. The summed E-state index contributed by atoms with van der Waals surface area (Å²) in [5, 5.41) is 5.87. The topological polar surface area (TPSA) is 58.7 Å². The Bertz CT molecular complexity index is 536. The molecule has 0 saturated carbocycles. The molecule has 0 aromatic heterocycles. The molecule has 1 rings (SSSR count). The van der Waals surface area contributed by atoms with Gasteiger partial charge in [-0.3, -0.25) is 9.80 Å². The Hall–Kier alpha value is -2.10. The Kier molecular flexibility index (Phi) is 20.7. The van der Waals surface area contributed by atoms with Crippen LogP contribution in [0.1, 0.15) is 80.1 Å². The number of hydrogen-bond donors (Lipinski definition) is 1. The molecule has 29 heavy (non-hydrogen) atoms. The Morgan fingerprint density at radius 3 is 2.17 bits per heavy atom. The van der Waals surface area contributed by atoms with Gasteiger partial charge in [-0.05, 0) is 23.5 Å². The summed E-state index contributed by atoms with van der Waals surface area (Å²) in [7, 11) is 0. The smallest absolute Gasteiger partial charge is 0.238 e. The normalized spacial score (nSPS) is 13.4. The van der Waals surface area contributed by atoms with E-state index >= 15 is 0 Å². The Morgan fingerprint density at radius 2 is 1.79 bits per heavy atom. The molecule has 1 aliphatic heterocycles. The van der Waals surface area contributed by atoms with Crippen LogP contribution >= 0.6 is 0 Å². The molecule has 0 fully saturated rings. The minimum Gasteiger partial charge on any atom is -0.368 e. The van der Waals surface area contributed by atoms with E-state index in [4.69, 9.17) is 5.73 Å². The molecule has 4 heteroatoms. The summed E-state index contributed by atoms with van der Waals surface area (Å²) in [6.07, 6.45) is 19.3. The summed E-state index contributed by atoms with van der Waals surface area (Å²) in [4.78, 5) is 10.8. The Morgan fingerprint density at radius 1 is 1.21 bits per heavy atom. The van der Waals surface area contributed by atoms with Crippen LogP contribution in [0.5, 0.6) is 0 Å². The number of nitrogens with zero attached hydrogens (tertiary/aromatic N) is 2. The fraction of sp³-hybridized carbons (Fsp3) is 0.600. The van der Waals surface area contributed by atoms with Crippen molar-refractivity contribution in [1.29, 1.82) is 0 Å². The van der Waals surface area contributed by atoms with Crippen molar-refractivity contribution in [2.45, 2.75) is 80.1 Å². The van der Waals surface area contributed by atoms with E-state index in [1.54, 1.807) is 17.3 Å². The average Bonchev–Trinajstić information content (AvgIpc) is 2.67. The molecule has 0 aromatic carbocycles. The first-order valence-electron chi connectivity index (χ1n) is 11.1. The van der Waals surface area contributed by atoms with Crippen LogP contribution in [0.15, 0.2) is 53.2 Å². The second-order valence-electron chi connectivity index (χ2n) is 7.70. The first-order chi connectivity index (χ1) is 13.8. The van der Waals surface area contributed by atoms with Crippen LogP contribution in [-0.4, -0.2) is 30.2 Å². The van der Waals surface area contributed by atoms with Gasteiger partial charge in [-0.2, -0.15) is 5.10 Å². The van der Waals surface area contributed by atoms with E-state index in [9.17, 15) is 4.79 Å². The maximum Gasteiger partial charge on any atom is 0.238 e. The van der Waals surface area contributed by atoms with Crippen LogP contribution < -0.4 is 5.73 Å². The molecule has 0 radical (unpaired) electrons. The first kappa shape index (κ1) is 29.1. The summed E-state index contributed by atoms with van der Waals surface area (Å²) in [6, 6.07) is 0. The third-order valence-electron chi connectivity index (χ3n) is 3.58. The lowest BCUT2D eigenvalue weighted by Crippen LogP contribution is -2.31. The lowest BCUT2D eigenvalue weighted by atomic mass is 10.0. The maximum atomic E-state index is 10.8. The molecule has 0 aliphatic carbocycles. The maximum absolute atomic E-state index is 10.8. The molecule has 1 heterocycles. The summed E-state index contributed by atoms with van der Waals surface area (Å²) in [6.45, 7) is 17.5. The van der Waals surface area contributed by atoms with Gasteiger partial charge in [0, 0.05) is 0 Å². The van der Waals surface area contributed by atoms with Gasteiger partial charge in [-0.1, -0.05) is 111 Å². The number of carbonyl (C=O) groups excluding carboxylic acids is 1. The molecule has 166 valence electrons. The second kappa shape index (κ2) is 20.6. The van der Waals surface area contributed by atoms with Crippen molar-refractivity contribution in [3.05, 3.63) is 48.1 Å². The average molecular weight is 404 g/mol. The van der Waals surface area contributed by atoms with Gasteiger partial charge in [-0.25, -0.2) is 0 Å². The molecule has 0 unspecified atom stereocenters. The molecular formula is C25H45N3O. The van der Waals surface area contributed by atoms with Crippen LogP contribution in [0.3, 0.4) is 0 Å². The number of nitrogens with two attached hydrogens (primary N) is 1. The highest BCUT2D eigenvalue weighted by Gasteiger charge is 2.09. The fourth-order valence-electron chi connectivity index (χ4n) is 2.18. The molecule has 0 saturated heterocycles. The number of primary amides is 1. The van der Waals surface area contributed by atoms with Crippen LogP contribution in [0, 0.1) is 5.92 Å². The van der Waals surface area contributed by atoms with Crippen LogP contribution in [0.4, 0.5) is 0 Å². The molecule has 0 aromatic rings. The summed E-state index contributed by atoms with van der Waals surface area (Å²) < 4.78 is 0. The molecule has 1 amide bonds. The van der Waals surface area contributed by atoms with E-state index in [0.29, 0.717) is 6.54 Å². The zero-order valence-corrected chi connectivity index (χ0v) is 19.8. The molecule has 4 nitrogen and oxygen atoms in total. The zero-order chi connectivity index (χ0) is 22.5. The van der Waals surface area contributed by atoms with Gasteiger partial charge in [0.05, 0.1) is 12.8 Å². The minimum atomic E-state index is -0.373. The number of amides is 1. The second-order valence-corrected chi connectivity index (χ2v) is 7.70. The highest BCUT2D eigenvalue weighted by Crippen LogP contribution is 2.15. The van der Waals surface area contributed by atoms with Crippen molar-refractivity contribution in [2.75, 3.05) is 13.1 Å². The molecule has 0 spiro atoms. The SMILES string of the molecule is C=C/C=C\C(=C/CCC)C1=CCN(CC(N)=O)N=C1.CC(C)C.CCCCCC. The monoisotopic (exact) mass is 403 g/mol. The highest BCUT2D eigenvalue weighted by molar-refractivity contribution is 5.87. The number of unbranched alkanes of at least 4 members (excludes halogenated alkanes) is 4. The van der Waals surface area contributed by atoms with Crippen LogP contribution in [0.25, 0.3) is 0 Å². The molecule has 2 N–H and O–H groups in total. The van der Waals surface area contributed by atoms with Crippen molar-refractivity contribution in [3.63, 3.8) is 0 Å². The van der Waals surface area contributed by atoms with E-state index in [-0.39, 0.29) is 12.5 Å². The summed E-state index contributed by atoms with van der Waals surface area (Å²) in [5.41, 5.74) is 7.33. The molecule has 0 bridgehead atoms. The largest absolute Gasteiger partial charge is 0.368 e. The van der Waals surface area contributed by atoms with Gasteiger partial charge in [-0.15, -0.1) is 0 Å².